The van der Waals surface area contributed by atoms with Crippen molar-refractivity contribution in [3.63, 3.8) is 0 Å². The van der Waals surface area contributed by atoms with Gasteiger partial charge in [0.2, 0.25) is 5.91 Å². The third kappa shape index (κ3) is 10.2. The van der Waals surface area contributed by atoms with E-state index in [2.05, 4.69) is 25.9 Å². The molecule has 0 spiro atoms. The number of nitrogens with zero attached hydrogens (tertiary/aromatic N) is 2. The number of guanidine groups is 1. The fourth-order valence-corrected chi connectivity index (χ4v) is 1.79. The topological polar surface area (TPSA) is 87.6 Å². The number of pyridine rings is 1. The van der Waals surface area contributed by atoms with Gasteiger partial charge >= 0.3 is 0 Å². The number of aryl methyl sites for hydroxylation is 1. The lowest BCUT2D eigenvalue weighted by Gasteiger charge is -2.21. The third-order valence-electron chi connectivity index (χ3n) is 3.32. The molecule has 1 aromatic heterocycles. The Kier molecular flexibility index (Phi) is 11.3. The predicted octanol–water partition coefficient (Wildman–Crippen LogP) is 2.32. The normalized spacial score (nSPS) is 11.5. The molecule has 0 aliphatic heterocycles. The standard InChI is InChI=1S/C17H29N5O2.HI/c1-6-18-16(20-12-17(3,4)24-5)19-11-10-15(23)22-14-9-7-8-13(2)21-14;/h7-9H,6,10-12H2,1-5H3,(H2,18,19,20)(H,21,22,23);1H. The van der Waals surface area contributed by atoms with Crippen molar-refractivity contribution in [3.05, 3.63) is 23.9 Å². The highest BCUT2D eigenvalue weighted by molar-refractivity contribution is 14.0. The van der Waals surface area contributed by atoms with Gasteiger partial charge < -0.3 is 20.7 Å². The first-order valence-corrected chi connectivity index (χ1v) is 8.17. The summed E-state index contributed by atoms with van der Waals surface area (Å²) in [5.41, 5.74) is 0.546. The Morgan fingerprint density at radius 2 is 2.04 bits per heavy atom. The van der Waals surface area contributed by atoms with Gasteiger partial charge in [-0.2, -0.15) is 0 Å². The molecule has 0 atom stereocenters. The molecule has 7 nitrogen and oxygen atoms in total. The summed E-state index contributed by atoms with van der Waals surface area (Å²) in [6.07, 6.45) is 0.327. The van der Waals surface area contributed by atoms with Gasteiger partial charge in [-0.15, -0.1) is 24.0 Å². The summed E-state index contributed by atoms with van der Waals surface area (Å²) in [5, 5.41) is 9.08. The molecule has 25 heavy (non-hydrogen) atoms. The number of nitrogens with one attached hydrogen (secondary N) is 3. The van der Waals surface area contributed by atoms with E-state index in [4.69, 9.17) is 4.74 Å². The zero-order valence-corrected chi connectivity index (χ0v) is 18.0. The fourth-order valence-electron chi connectivity index (χ4n) is 1.79. The van der Waals surface area contributed by atoms with Crippen LogP contribution in [0.1, 0.15) is 32.9 Å². The van der Waals surface area contributed by atoms with Gasteiger partial charge in [-0.05, 0) is 39.8 Å². The number of hydrogen-bond acceptors (Lipinski definition) is 4. The van der Waals surface area contributed by atoms with Crippen LogP contribution >= 0.6 is 24.0 Å². The molecule has 0 bridgehead atoms. The SMILES string of the molecule is CCNC(=NCC(C)(C)OC)NCCC(=O)Nc1cccc(C)n1.I. The molecule has 0 saturated heterocycles. The first-order chi connectivity index (χ1) is 11.4. The van der Waals surface area contributed by atoms with Gasteiger partial charge in [-0.1, -0.05) is 6.07 Å². The van der Waals surface area contributed by atoms with Gasteiger partial charge in [0.05, 0.1) is 12.1 Å². The summed E-state index contributed by atoms with van der Waals surface area (Å²) in [4.78, 5) is 20.7. The molecule has 3 N–H and O–H groups in total. The smallest absolute Gasteiger partial charge is 0.227 e. The van der Waals surface area contributed by atoms with Crippen molar-refractivity contribution in [1.82, 2.24) is 15.6 Å². The predicted molar refractivity (Wildman–Crippen MR) is 113 cm³/mol. The van der Waals surface area contributed by atoms with E-state index in [0.29, 0.717) is 31.3 Å². The van der Waals surface area contributed by atoms with Crippen LogP contribution in [0.15, 0.2) is 23.2 Å². The average Bonchev–Trinajstić information content (AvgIpc) is 2.52. The number of hydrogen-bond donors (Lipinski definition) is 3. The Morgan fingerprint density at radius 3 is 2.64 bits per heavy atom. The van der Waals surface area contributed by atoms with Gasteiger partial charge in [0.1, 0.15) is 5.82 Å². The van der Waals surface area contributed by atoms with Crippen molar-refractivity contribution in [2.45, 2.75) is 39.7 Å². The van der Waals surface area contributed by atoms with Crippen LogP contribution in [0.3, 0.4) is 0 Å². The maximum Gasteiger partial charge on any atom is 0.227 e. The van der Waals surface area contributed by atoms with Crippen LogP contribution in [0.4, 0.5) is 5.82 Å². The number of anilines is 1. The minimum Gasteiger partial charge on any atom is -0.377 e. The minimum atomic E-state index is -0.323. The molecule has 1 aromatic rings. The van der Waals surface area contributed by atoms with E-state index in [9.17, 15) is 4.79 Å². The van der Waals surface area contributed by atoms with Crippen LogP contribution in [0.5, 0.6) is 0 Å². The molecule has 0 aliphatic carbocycles. The quantitative estimate of drug-likeness (QED) is 0.313. The monoisotopic (exact) mass is 463 g/mol. The van der Waals surface area contributed by atoms with E-state index in [-0.39, 0.29) is 35.5 Å². The molecular weight excluding hydrogens is 433 g/mol. The maximum absolute atomic E-state index is 12.0. The molecule has 1 amide bonds. The van der Waals surface area contributed by atoms with Crippen LogP contribution in [0, 0.1) is 6.92 Å². The lowest BCUT2D eigenvalue weighted by atomic mass is 10.1. The summed E-state index contributed by atoms with van der Waals surface area (Å²) in [7, 11) is 1.67. The Bertz CT molecular complexity index is 564. The van der Waals surface area contributed by atoms with Crippen LogP contribution in [-0.4, -0.2) is 49.2 Å². The molecule has 0 saturated carbocycles. The molecule has 0 aromatic carbocycles. The van der Waals surface area contributed by atoms with Crippen LogP contribution in [0.2, 0.25) is 0 Å². The maximum atomic E-state index is 12.0. The molecule has 0 unspecified atom stereocenters. The minimum absolute atomic E-state index is 0. The molecule has 1 heterocycles. The van der Waals surface area contributed by atoms with Crippen LogP contribution in [-0.2, 0) is 9.53 Å². The van der Waals surface area contributed by atoms with E-state index in [1.807, 2.05) is 39.8 Å². The number of aromatic nitrogens is 1. The highest BCUT2D eigenvalue weighted by Crippen LogP contribution is 2.07. The summed E-state index contributed by atoms with van der Waals surface area (Å²) in [6, 6.07) is 5.53. The number of ether oxygens (including phenoxy) is 1. The van der Waals surface area contributed by atoms with Crippen molar-refractivity contribution in [2.75, 3.05) is 32.1 Å². The second kappa shape index (κ2) is 12.0. The summed E-state index contributed by atoms with van der Waals surface area (Å²) < 4.78 is 5.35. The van der Waals surface area contributed by atoms with Crippen molar-refractivity contribution in [2.24, 2.45) is 4.99 Å². The van der Waals surface area contributed by atoms with E-state index in [1.165, 1.54) is 0 Å². The molecular formula is C17H30IN5O2. The Hall–Kier alpha value is -1.42. The second-order valence-corrected chi connectivity index (χ2v) is 6.05. The van der Waals surface area contributed by atoms with Crippen molar-refractivity contribution in [3.8, 4) is 0 Å². The van der Waals surface area contributed by atoms with Gasteiger partial charge in [0, 0.05) is 32.3 Å². The Labute approximate surface area is 167 Å². The zero-order valence-electron chi connectivity index (χ0n) is 15.7. The van der Waals surface area contributed by atoms with E-state index < -0.39 is 0 Å². The molecule has 1 rings (SSSR count). The number of aliphatic imine (C=N–C) groups is 1. The first-order valence-electron chi connectivity index (χ1n) is 8.17. The largest absolute Gasteiger partial charge is 0.377 e. The lowest BCUT2D eigenvalue weighted by Crippen LogP contribution is -2.40. The van der Waals surface area contributed by atoms with E-state index in [1.54, 1.807) is 13.2 Å². The highest BCUT2D eigenvalue weighted by atomic mass is 127. The third-order valence-corrected chi connectivity index (χ3v) is 3.32. The van der Waals surface area contributed by atoms with Crippen LogP contribution in [0.25, 0.3) is 0 Å². The number of halogens is 1. The molecule has 0 radical (unpaired) electrons. The second-order valence-electron chi connectivity index (χ2n) is 6.05. The van der Waals surface area contributed by atoms with Crippen molar-refractivity contribution in [1.29, 1.82) is 0 Å². The number of carbonyl (C=O) groups is 1. The van der Waals surface area contributed by atoms with Gasteiger partial charge in [0.25, 0.3) is 0 Å². The van der Waals surface area contributed by atoms with Gasteiger partial charge in [-0.25, -0.2) is 4.98 Å². The Balaban J connectivity index is 0.00000576. The van der Waals surface area contributed by atoms with Crippen molar-refractivity contribution >= 4 is 41.7 Å². The molecule has 0 aliphatic rings. The van der Waals surface area contributed by atoms with Crippen molar-refractivity contribution < 1.29 is 9.53 Å². The zero-order chi connectivity index (χ0) is 18.0. The first kappa shape index (κ1) is 23.6. The fraction of sp³-hybridized carbons (Fsp3) is 0.588. The van der Waals surface area contributed by atoms with E-state index >= 15 is 0 Å². The molecule has 8 heteroatoms. The number of carbonyl (C=O) groups excluding carboxylic acids is 1. The summed E-state index contributed by atoms with van der Waals surface area (Å²) >= 11 is 0. The number of methoxy groups -OCH3 is 1. The van der Waals surface area contributed by atoms with Crippen LogP contribution < -0.4 is 16.0 Å². The Morgan fingerprint density at radius 1 is 1.32 bits per heavy atom. The van der Waals surface area contributed by atoms with E-state index in [0.717, 1.165) is 12.2 Å². The average molecular weight is 463 g/mol. The summed E-state index contributed by atoms with van der Waals surface area (Å²) in [5.74, 6) is 1.15. The number of rotatable bonds is 8. The lowest BCUT2D eigenvalue weighted by molar-refractivity contribution is -0.116. The summed E-state index contributed by atoms with van der Waals surface area (Å²) in [6.45, 7) is 9.59. The van der Waals surface area contributed by atoms with Gasteiger partial charge in [0.15, 0.2) is 5.96 Å². The van der Waals surface area contributed by atoms with Gasteiger partial charge in [-0.3, -0.25) is 9.79 Å². The highest BCUT2D eigenvalue weighted by Gasteiger charge is 2.15. The number of amides is 1. The molecule has 142 valence electrons. The molecule has 0 fully saturated rings.